The molecule has 0 aliphatic carbocycles. The van der Waals surface area contributed by atoms with Crippen LogP contribution in [0.1, 0.15) is 18.1 Å². The molecule has 0 N–H and O–H groups in total. The lowest BCUT2D eigenvalue weighted by Crippen LogP contribution is -2.03. The molecule has 0 radical (unpaired) electrons. The molecule has 18 heavy (non-hydrogen) atoms. The Labute approximate surface area is 113 Å². The van der Waals surface area contributed by atoms with Gasteiger partial charge in [-0.25, -0.2) is 0 Å². The van der Waals surface area contributed by atoms with Crippen LogP contribution >= 0.6 is 9.13 Å². The van der Waals surface area contributed by atoms with Gasteiger partial charge in [0.2, 0.25) is 0 Å². The maximum atomic E-state index is 9.02. The fourth-order valence-corrected chi connectivity index (χ4v) is 1.47. The van der Waals surface area contributed by atoms with Gasteiger partial charge in [0.15, 0.2) is 0 Å². The number of hydrogen-bond donors (Lipinski definition) is 0. The first-order valence-electron chi connectivity index (χ1n) is 6.66. The third-order valence-corrected chi connectivity index (χ3v) is 2.19. The molecule has 0 atom stereocenters. The van der Waals surface area contributed by atoms with Crippen LogP contribution in [0.25, 0.3) is 5.53 Å². The zero-order valence-electron chi connectivity index (χ0n) is 12.3. The maximum Gasteiger partial charge on any atom is 0.329 e. The van der Waals surface area contributed by atoms with E-state index in [0.717, 1.165) is 11.1 Å². The van der Waals surface area contributed by atoms with E-state index in [1.807, 2.05) is 67.6 Å². The maximum absolute atomic E-state index is 9.02. The van der Waals surface area contributed by atoms with Crippen molar-refractivity contribution in [3.63, 3.8) is 0 Å². The molecule has 3 heteroatoms. The molecule has 2 rings (SSSR count). The van der Waals surface area contributed by atoms with Crippen molar-refractivity contribution in [3.05, 3.63) is 77.3 Å². The summed E-state index contributed by atoms with van der Waals surface area (Å²) >= 11 is 0. The highest BCUT2D eigenvalue weighted by molar-refractivity contribution is 7.16. The average Bonchev–Trinajstić information content (AvgIpc) is 2.51. The van der Waals surface area contributed by atoms with Gasteiger partial charge >= 0.3 is 5.71 Å². The zero-order valence-corrected chi connectivity index (χ0v) is 11.2. The first-order chi connectivity index (χ1) is 9.69. The van der Waals surface area contributed by atoms with E-state index < -0.39 is 9.13 Å². The zero-order chi connectivity index (χ0) is 14.8. The van der Waals surface area contributed by atoms with Crippen molar-refractivity contribution < 1.29 is 4.79 Å². The molecule has 0 saturated carbocycles. The van der Waals surface area contributed by atoms with E-state index in [9.17, 15) is 0 Å². The van der Waals surface area contributed by atoms with Crippen LogP contribution in [0.4, 0.5) is 0 Å². The molecule has 0 spiro atoms. The van der Waals surface area contributed by atoms with Gasteiger partial charge in [0.25, 0.3) is 0 Å². The normalized spacial score (nSPS) is 10.6. The van der Waals surface area contributed by atoms with E-state index >= 15 is 0 Å². The van der Waals surface area contributed by atoms with E-state index in [2.05, 4.69) is 4.79 Å². The van der Waals surface area contributed by atoms with E-state index in [1.165, 1.54) is 0 Å². The minimum Gasteiger partial charge on any atom is -0.361 e. The summed E-state index contributed by atoms with van der Waals surface area (Å²) in [5.41, 5.74) is 11.4. The molecule has 0 aromatic heterocycles. The van der Waals surface area contributed by atoms with Crippen molar-refractivity contribution >= 4 is 14.8 Å². The smallest absolute Gasteiger partial charge is 0.329 e. The van der Waals surface area contributed by atoms with Gasteiger partial charge in [-0.15, -0.1) is 9.13 Å². The van der Waals surface area contributed by atoms with Crippen LogP contribution in [0.2, 0.25) is 0 Å². The summed E-state index contributed by atoms with van der Waals surface area (Å²) in [6, 6.07) is 19.2. The Morgan fingerprint density at radius 3 is 1.72 bits per heavy atom. The van der Waals surface area contributed by atoms with E-state index in [-0.39, 0.29) is 0 Å². The van der Waals surface area contributed by atoms with Gasteiger partial charge in [0.05, 0.1) is 13.7 Å². The SMILES string of the molecule is [2H]P([2H])CC.[N-]=[N+]=C(c1ccccc1)c1ccccc1. The molecule has 2 nitrogen and oxygen atoms in total. The van der Waals surface area contributed by atoms with Crippen LogP contribution in [0, 0.1) is 0 Å². The Hall–Kier alpha value is -1.75. The predicted octanol–water partition coefficient (Wildman–Crippen LogP) is 3.64. The number of hydrogen-bond acceptors (Lipinski definition) is 0. The molecule has 2 aromatic carbocycles. The Morgan fingerprint density at radius 1 is 1.06 bits per heavy atom. The molecule has 0 saturated heterocycles. The molecule has 92 valence electrons. The van der Waals surface area contributed by atoms with Crippen LogP contribution in [0.5, 0.6) is 0 Å². The van der Waals surface area contributed by atoms with Crippen molar-refractivity contribution in [2.75, 3.05) is 6.16 Å². The topological polar surface area (TPSA) is 36.4 Å². The fourth-order valence-electron chi connectivity index (χ4n) is 1.47. The summed E-state index contributed by atoms with van der Waals surface area (Å²) in [7, 11) is -1.10. The lowest BCUT2D eigenvalue weighted by atomic mass is 10.0. The highest BCUT2D eigenvalue weighted by Crippen LogP contribution is 2.08. The van der Waals surface area contributed by atoms with Crippen LogP contribution in [-0.4, -0.2) is 19.2 Å². The Balaban J connectivity index is 0.000000347. The lowest BCUT2D eigenvalue weighted by molar-refractivity contribution is -0.00279. The molecule has 0 amide bonds. The third kappa shape index (κ3) is 4.25. The van der Waals surface area contributed by atoms with Crippen LogP contribution in [0.3, 0.4) is 0 Å². The van der Waals surface area contributed by atoms with Gasteiger partial charge in [-0.05, 0) is 30.4 Å². The Kier molecular flexibility index (Phi) is 5.27. The summed E-state index contributed by atoms with van der Waals surface area (Å²) in [5, 5.41) is 0. The highest BCUT2D eigenvalue weighted by Gasteiger charge is 2.13. The molecule has 0 aliphatic heterocycles. The van der Waals surface area contributed by atoms with Gasteiger partial charge in [0.1, 0.15) is 0 Å². The van der Waals surface area contributed by atoms with Gasteiger partial charge in [-0.1, -0.05) is 43.3 Å². The second-order valence-electron chi connectivity index (χ2n) is 3.50. The van der Waals surface area contributed by atoms with Crippen molar-refractivity contribution in [2.45, 2.75) is 6.92 Å². The molecular formula is C15H17N2P. The van der Waals surface area contributed by atoms with E-state index in [0.29, 0.717) is 11.9 Å². The summed E-state index contributed by atoms with van der Waals surface area (Å²) in [4.78, 5) is 3.35. The average molecular weight is 258 g/mol. The molecule has 0 fully saturated rings. The molecule has 0 aliphatic rings. The predicted molar refractivity (Wildman–Crippen MR) is 80.0 cm³/mol. The van der Waals surface area contributed by atoms with Gasteiger partial charge in [-0.2, -0.15) is 4.79 Å². The standard InChI is InChI=1S/C13H10N2.C2H7P/c14-15-13(11-7-3-1-4-8-11)12-9-5-2-6-10-12;1-2-3/h1-10H;2-3H2,1H3/i;3D2. The summed E-state index contributed by atoms with van der Waals surface area (Å²) in [5.74, 6) is 0. The Morgan fingerprint density at radius 2 is 1.44 bits per heavy atom. The lowest BCUT2D eigenvalue weighted by Gasteiger charge is -1.95. The second-order valence-corrected chi connectivity index (χ2v) is 4.13. The number of rotatable bonds is 3. The third-order valence-electron chi connectivity index (χ3n) is 2.19. The fraction of sp³-hybridized carbons (Fsp3) is 0.133. The van der Waals surface area contributed by atoms with E-state index in [1.54, 1.807) is 0 Å². The molecule has 0 bridgehead atoms. The van der Waals surface area contributed by atoms with Crippen molar-refractivity contribution in [1.82, 2.24) is 0 Å². The number of nitrogens with zero attached hydrogens (tertiary/aromatic N) is 2. The van der Waals surface area contributed by atoms with Crippen molar-refractivity contribution in [2.24, 2.45) is 0 Å². The Bertz CT molecular complexity index is 511. The monoisotopic (exact) mass is 258 g/mol. The minimum atomic E-state index is -1.10. The highest BCUT2D eigenvalue weighted by atomic mass is 31.0. The molecule has 0 heterocycles. The number of benzene rings is 2. The van der Waals surface area contributed by atoms with E-state index in [4.69, 9.17) is 8.09 Å². The molecule has 2 aromatic rings. The largest absolute Gasteiger partial charge is 0.361 e. The van der Waals surface area contributed by atoms with Gasteiger partial charge in [-0.3, -0.25) is 0 Å². The quantitative estimate of drug-likeness (QED) is 0.349. The molecular weight excluding hydrogens is 239 g/mol. The van der Waals surface area contributed by atoms with Crippen LogP contribution < -0.4 is 0 Å². The second kappa shape index (κ2) is 8.36. The van der Waals surface area contributed by atoms with Crippen molar-refractivity contribution in [1.29, 1.82) is 2.56 Å². The van der Waals surface area contributed by atoms with Crippen molar-refractivity contribution in [3.8, 4) is 0 Å². The van der Waals surface area contributed by atoms with Gasteiger partial charge < -0.3 is 5.53 Å². The summed E-state index contributed by atoms with van der Waals surface area (Å²) in [6.07, 6.45) is 0.704. The molecule has 0 unspecified atom stereocenters. The summed E-state index contributed by atoms with van der Waals surface area (Å²) in [6.45, 7) is 1.85. The first kappa shape index (κ1) is 11.3. The minimum absolute atomic E-state index is 0.594. The van der Waals surface area contributed by atoms with Gasteiger partial charge in [0, 0.05) is 0 Å². The van der Waals surface area contributed by atoms with Crippen LogP contribution in [0.15, 0.2) is 60.7 Å². The first-order valence-corrected chi connectivity index (χ1v) is 6.40. The van der Waals surface area contributed by atoms with Crippen LogP contribution in [-0.2, 0) is 0 Å². The summed E-state index contributed by atoms with van der Waals surface area (Å²) < 4.78 is 13.1.